The highest BCUT2D eigenvalue weighted by Gasteiger charge is 2.18. The first-order chi connectivity index (χ1) is 9.85. The van der Waals surface area contributed by atoms with Crippen molar-refractivity contribution < 1.29 is 9.90 Å². The molecule has 0 atom stereocenters. The monoisotopic (exact) mass is 478 g/mol. The minimum Gasteiger partial charge on any atom is -0.476 e. The van der Waals surface area contributed by atoms with E-state index in [1.807, 2.05) is 12.1 Å². The van der Waals surface area contributed by atoms with Crippen molar-refractivity contribution >= 4 is 53.8 Å². The van der Waals surface area contributed by atoms with Crippen LogP contribution in [0.1, 0.15) is 23.0 Å². The van der Waals surface area contributed by atoms with E-state index in [0.717, 1.165) is 4.47 Å². The molecule has 2 aromatic rings. The third-order valence-electron chi connectivity index (χ3n) is 2.79. The van der Waals surface area contributed by atoms with Gasteiger partial charge in [0.1, 0.15) is 0 Å². The Hall–Kier alpha value is -0.990. The average molecular weight is 481 g/mol. The number of hydrogen-bond donors (Lipinski definition) is 1. The number of aryl methyl sites for hydroxylation is 1. The molecule has 8 heteroatoms. The van der Waals surface area contributed by atoms with Gasteiger partial charge >= 0.3 is 5.97 Å². The number of hydrogen-bond acceptors (Lipinski definition) is 3. The van der Waals surface area contributed by atoms with Crippen molar-refractivity contribution in [3.63, 3.8) is 0 Å². The summed E-state index contributed by atoms with van der Waals surface area (Å²) in [5.74, 6) is -1.34. The highest BCUT2D eigenvalue weighted by molar-refractivity contribution is 9.11. The molecule has 21 heavy (non-hydrogen) atoms. The van der Waals surface area contributed by atoms with Crippen LogP contribution in [0.15, 0.2) is 36.5 Å². The molecule has 0 aliphatic heterocycles. The lowest BCUT2D eigenvalue weighted by atomic mass is 10.2. The number of benzene rings is 1. The van der Waals surface area contributed by atoms with Crippen LogP contribution in [0.5, 0.6) is 0 Å². The Morgan fingerprint density at radius 1 is 1.29 bits per heavy atom. The lowest BCUT2D eigenvalue weighted by Crippen LogP contribution is -2.24. The molecular weight excluding hydrogens is 472 g/mol. The van der Waals surface area contributed by atoms with Gasteiger partial charge in [-0.25, -0.2) is 9.48 Å². The quantitative estimate of drug-likeness (QED) is 0.725. The summed E-state index contributed by atoms with van der Waals surface area (Å²) >= 11 is 10.2. The zero-order valence-corrected chi connectivity index (χ0v) is 15.5. The van der Waals surface area contributed by atoms with Crippen molar-refractivity contribution in [3.05, 3.63) is 53.2 Å². The summed E-state index contributed by atoms with van der Waals surface area (Å²) in [7, 11) is 0. The molecule has 1 heterocycles. The van der Waals surface area contributed by atoms with Crippen LogP contribution in [0.2, 0.25) is 0 Å². The van der Waals surface area contributed by atoms with E-state index in [2.05, 4.69) is 52.9 Å². The number of halogens is 3. The minimum absolute atomic E-state index is 0.393. The summed E-state index contributed by atoms with van der Waals surface area (Å²) in [6, 6.07) is 3.62. The van der Waals surface area contributed by atoms with Gasteiger partial charge < -0.3 is 5.11 Å². The first kappa shape index (κ1) is 16.4. The number of carboxylic acids is 1. The van der Waals surface area contributed by atoms with Crippen LogP contribution < -0.4 is 5.43 Å². The van der Waals surface area contributed by atoms with Gasteiger partial charge in [-0.05, 0) is 50.4 Å². The van der Waals surface area contributed by atoms with Gasteiger partial charge in [-0.1, -0.05) is 22.9 Å². The number of nitrogens with zero attached hydrogens (tertiary/aromatic N) is 2. The maximum absolute atomic E-state index is 12.0. The second-order valence-electron chi connectivity index (χ2n) is 4.15. The molecule has 0 radical (unpaired) electrons. The maximum Gasteiger partial charge on any atom is 0.360 e. The van der Waals surface area contributed by atoms with Crippen molar-refractivity contribution in [1.82, 2.24) is 9.78 Å². The standard InChI is InChI=1S/C13H9Br3N2O3/c1-2-6-5-18(17-10(12(6)19)13(20)21)11-8(15)3-7(14)4-9(11)16/h3-5H,2H2,1H3,(H,20,21). The number of carboxylic acid groups (broad SMARTS) is 1. The Bertz CT molecular complexity index is 764. The first-order valence-corrected chi connectivity index (χ1v) is 8.24. The molecule has 1 aromatic heterocycles. The fourth-order valence-electron chi connectivity index (χ4n) is 1.80. The predicted octanol–water partition coefficient (Wildman–Crippen LogP) is 3.78. The van der Waals surface area contributed by atoms with E-state index in [1.165, 1.54) is 4.68 Å². The molecule has 0 unspecified atom stereocenters. The second kappa shape index (κ2) is 6.41. The molecule has 110 valence electrons. The Morgan fingerprint density at radius 3 is 2.33 bits per heavy atom. The van der Waals surface area contributed by atoms with Crippen molar-refractivity contribution in [2.75, 3.05) is 0 Å². The molecule has 0 saturated heterocycles. The third-order valence-corrected chi connectivity index (χ3v) is 4.45. The van der Waals surface area contributed by atoms with E-state index < -0.39 is 17.1 Å². The highest BCUT2D eigenvalue weighted by atomic mass is 79.9. The van der Waals surface area contributed by atoms with Gasteiger partial charge in [0.15, 0.2) is 0 Å². The number of aromatic carboxylic acids is 1. The van der Waals surface area contributed by atoms with Gasteiger partial charge in [-0.2, -0.15) is 5.10 Å². The van der Waals surface area contributed by atoms with Gasteiger partial charge in [0.2, 0.25) is 11.1 Å². The minimum atomic E-state index is -1.34. The molecule has 5 nitrogen and oxygen atoms in total. The van der Waals surface area contributed by atoms with E-state index in [9.17, 15) is 9.59 Å². The van der Waals surface area contributed by atoms with Crippen LogP contribution in [-0.4, -0.2) is 20.9 Å². The largest absolute Gasteiger partial charge is 0.476 e. The fraction of sp³-hybridized carbons (Fsp3) is 0.154. The molecule has 1 N–H and O–H groups in total. The number of rotatable bonds is 3. The topological polar surface area (TPSA) is 72.2 Å². The van der Waals surface area contributed by atoms with Crippen LogP contribution in [-0.2, 0) is 6.42 Å². The van der Waals surface area contributed by atoms with Crippen LogP contribution in [0.4, 0.5) is 0 Å². The van der Waals surface area contributed by atoms with Crippen molar-refractivity contribution in [2.24, 2.45) is 0 Å². The zero-order valence-electron chi connectivity index (χ0n) is 10.7. The van der Waals surface area contributed by atoms with Crippen LogP contribution in [0, 0.1) is 0 Å². The van der Waals surface area contributed by atoms with Gasteiger partial charge in [0, 0.05) is 25.2 Å². The van der Waals surface area contributed by atoms with Gasteiger partial charge in [-0.3, -0.25) is 4.79 Å². The van der Waals surface area contributed by atoms with Crippen LogP contribution in [0.3, 0.4) is 0 Å². The van der Waals surface area contributed by atoms with Crippen molar-refractivity contribution in [2.45, 2.75) is 13.3 Å². The summed E-state index contributed by atoms with van der Waals surface area (Å²) in [6.07, 6.45) is 1.97. The predicted molar refractivity (Wildman–Crippen MR) is 89.3 cm³/mol. The molecular formula is C13H9Br3N2O3. The lowest BCUT2D eigenvalue weighted by molar-refractivity contribution is 0.0686. The molecule has 0 saturated carbocycles. The van der Waals surface area contributed by atoms with E-state index in [4.69, 9.17) is 5.11 Å². The summed E-state index contributed by atoms with van der Waals surface area (Å²) < 4.78 is 3.65. The molecule has 0 bridgehead atoms. The summed E-state index contributed by atoms with van der Waals surface area (Å²) in [4.78, 5) is 23.2. The smallest absolute Gasteiger partial charge is 0.360 e. The Labute approximate surface area is 145 Å². The second-order valence-corrected chi connectivity index (χ2v) is 6.78. The normalized spacial score (nSPS) is 10.7. The summed E-state index contributed by atoms with van der Waals surface area (Å²) in [6.45, 7) is 1.79. The van der Waals surface area contributed by atoms with Crippen LogP contribution >= 0.6 is 47.8 Å². The van der Waals surface area contributed by atoms with E-state index in [-0.39, 0.29) is 0 Å². The van der Waals surface area contributed by atoms with Gasteiger partial charge in [0.25, 0.3) is 0 Å². The van der Waals surface area contributed by atoms with Crippen molar-refractivity contribution in [3.8, 4) is 5.69 Å². The number of carbonyl (C=O) groups is 1. The molecule has 0 fully saturated rings. The fourth-order valence-corrected chi connectivity index (χ4v) is 4.42. The highest BCUT2D eigenvalue weighted by Crippen LogP contribution is 2.32. The Morgan fingerprint density at radius 2 is 1.86 bits per heavy atom. The Balaban J connectivity index is 2.79. The van der Waals surface area contributed by atoms with E-state index in [1.54, 1.807) is 13.1 Å². The van der Waals surface area contributed by atoms with Crippen molar-refractivity contribution in [1.29, 1.82) is 0 Å². The third kappa shape index (κ3) is 3.27. The number of aromatic nitrogens is 2. The zero-order chi connectivity index (χ0) is 15.7. The van der Waals surface area contributed by atoms with Crippen LogP contribution in [0.25, 0.3) is 5.69 Å². The molecule has 0 aliphatic carbocycles. The maximum atomic E-state index is 12.0. The van der Waals surface area contributed by atoms with Gasteiger partial charge in [-0.15, -0.1) is 0 Å². The molecule has 1 aromatic carbocycles. The molecule has 2 rings (SSSR count). The summed E-state index contributed by atoms with van der Waals surface area (Å²) in [5, 5.41) is 13.1. The molecule has 0 amide bonds. The van der Waals surface area contributed by atoms with E-state index >= 15 is 0 Å². The Kier molecular flexibility index (Phi) is 5.00. The lowest BCUT2D eigenvalue weighted by Gasteiger charge is -2.12. The molecule has 0 aliphatic rings. The average Bonchev–Trinajstić information content (AvgIpc) is 2.38. The van der Waals surface area contributed by atoms with Gasteiger partial charge in [0.05, 0.1) is 5.69 Å². The first-order valence-electron chi connectivity index (χ1n) is 5.86. The SMILES string of the molecule is CCc1cn(-c2c(Br)cc(Br)cc2Br)nc(C(=O)O)c1=O. The van der Waals surface area contributed by atoms with E-state index in [0.29, 0.717) is 26.6 Å². The molecule has 0 spiro atoms. The summed E-state index contributed by atoms with van der Waals surface area (Å²) in [5.41, 5.74) is -0.0267.